The third-order valence-electron chi connectivity index (χ3n) is 9.61. The Bertz CT molecular complexity index is 1940. The Morgan fingerprint density at radius 3 is 2.38 bits per heavy atom. The Morgan fingerprint density at radius 1 is 0.945 bits per heavy atom. The van der Waals surface area contributed by atoms with Gasteiger partial charge in [0, 0.05) is 49.4 Å². The Kier molecular flexibility index (Phi) is 13.6. The molecule has 0 bridgehead atoms. The molecule has 55 heavy (non-hydrogen) atoms. The summed E-state index contributed by atoms with van der Waals surface area (Å²) in [6.45, 7) is 5.80. The molecule has 0 fully saturated rings. The number of halogens is 3. The number of aliphatic hydroxyl groups excluding tert-OH is 1. The van der Waals surface area contributed by atoms with Crippen LogP contribution in [0.1, 0.15) is 56.0 Å². The fraction of sp³-hybridized carbons (Fsp3) is 0.390. The summed E-state index contributed by atoms with van der Waals surface area (Å²) in [6, 6.07) is 20.7. The fourth-order valence-electron chi connectivity index (χ4n) is 6.40. The normalized spacial score (nSPS) is 19.0. The standard InChI is InChI=1S/C41H48F3N5O6/c1-26-23-49(27(2)25-50)38(51)34-22-32(45-39(52)47-35-14-9-12-29-11-5-6-13-33(29)35)19-20-36(34)55-28(3)10-7-8-21-54-37(26)24-48(4)40(53)46-31-17-15-30(16-18-31)41(42,43)44/h5-6,9,11-20,22,26-28,37,50H,7-8,10,21,23-25H2,1-4H3,(H,46,53)(H2,45,47,52)/t26-,27-,28-,37-/m1/s1. The number of benzene rings is 4. The number of aliphatic hydroxyl groups is 1. The minimum atomic E-state index is -4.50. The van der Waals surface area contributed by atoms with E-state index in [9.17, 15) is 32.7 Å². The van der Waals surface area contributed by atoms with Crippen molar-refractivity contribution in [3.8, 4) is 5.75 Å². The maximum absolute atomic E-state index is 14.5. The first-order valence-corrected chi connectivity index (χ1v) is 18.3. The molecule has 0 saturated heterocycles. The molecule has 1 aliphatic heterocycles. The van der Waals surface area contributed by atoms with Gasteiger partial charge in [-0.15, -0.1) is 0 Å². The molecule has 11 nitrogen and oxygen atoms in total. The third kappa shape index (κ3) is 10.9. The molecule has 4 N–H and O–H groups in total. The Morgan fingerprint density at radius 2 is 1.65 bits per heavy atom. The molecule has 0 aliphatic carbocycles. The lowest BCUT2D eigenvalue weighted by Gasteiger charge is -2.35. The summed E-state index contributed by atoms with van der Waals surface area (Å²) in [5.74, 6) is -0.443. The van der Waals surface area contributed by atoms with Gasteiger partial charge < -0.3 is 40.3 Å². The number of carbonyl (C=O) groups excluding carboxylic acids is 3. The van der Waals surface area contributed by atoms with Crippen molar-refractivity contribution < 1.29 is 42.1 Å². The quantitative estimate of drug-likeness (QED) is 0.149. The first-order chi connectivity index (χ1) is 26.2. The number of ether oxygens (including phenoxy) is 2. The van der Waals surface area contributed by atoms with E-state index in [0.717, 1.165) is 29.3 Å². The number of fused-ring (bicyclic) bond motifs is 2. The van der Waals surface area contributed by atoms with Crippen LogP contribution in [0.25, 0.3) is 10.8 Å². The van der Waals surface area contributed by atoms with Crippen molar-refractivity contribution in [2.24, 2.45) is 5.92 Å². The predicted octanol–water partition coefficient (Wildman–Crippen LogP) is 8.46. The topological polar surface area (TPSA) is 132 Å². The van der Waals surface area contributed by atoms with Crippen LogP contribution >= 0.6 is 0 Å². The largest absolute Gasteiger partial charge is 0.490 e. The minimum Gasteiger partial charge on any atom is -0.490 e. The van der Waals surface area contributed by atoms with Gasteiger partial charge in [-0.3, -0.25) is 4.79 Å². The van der Waals surface area contributed by atoms with E-state index in [1.807, 2.05) is 50.2 Å². The molecule has 5 rings (SSSR count). The van der Waals surface area contributed by atoms with Crippen LogP contribution in [-0.4, -0.2) is 84.5 Å². The van der Waals surface area contributed by atoms with Gasteiger partial charge in [0.25, 0.3) is 5.91 Å². The summed E-state index contributed by atoms with van der Waals surface area (Å²) < 4.78 is 51.7. The van der Waals surface area contributed by atoms with Gasteiger partial charge in [0.1, 0.15) is 5.75 Å². The summed E-state index contributed by atoms with van der Waals surface area (Å²) in [5.41, 5.74) is 0.556. The molecular formula is C41H48F3N5O6. The average Bonchev–Trinajstić information content (AvgIpc) is 3.15. The van der Waals surface area contributed by atoms with E-state index >= 15 is 0 Å². The van der Waals surface area contributed by atoms with Crippen LogP contribution in [0.2, 0.25) is 0 Å². The Labute approximate surface area is 318 Å². The van der Waals surface area contributed by atoms with E-state index in [1.54, 1.807) is 38.2 Å². The molecule has 0 aromatic heterocycles. The van der Waals surface area contributed by atoms with E-state index < -0.39 is 41.9 Å². The molecule has 4 atom stereocenters. The summed E-state index contributed by atoms with van der Waals surface area (Å²) in [5, 5.41) is 20.5. The number of anilines is 3. The molecule has 1 heterocycles. The van der Waals surface area contributed by atoms with Gasteiger partial charge in [-0.1, -0.05) is 43.3 Å². The molecule has 4 aromatic rings. The summed E-state index contributed by atoms with van der Waals surface area (Å²) >= 11 is 0. The smallest absolute Gasteiger partial charge is 0.416 e. The zero-order chi connectivity index (χ0) is 39.7. The molecule has 0 unspecified atom stereocenters. The van der Waals surface area contributed by atoms with Gasteiger partial charge in [-0.05, 0) is 87.0 Å². The van der Waals surface area contributed by atoms with Crippen LogP contribution in [0.15, 0.2) is 84.9 Å². The fourth-order valence-corrected chi connectivity index (χ4v) is 6.40. The van der Waals surface area contributed by atoms with Crippen LogP contribution in [-0.2, 0) is 10.9 Å². The SMILES string of the molecule is C[C@@H]1CCCCO[C@H](CN(C)C(=O)Nc2ccc(C(F)(F)F)cc2)[C@H](C)CN([C@H](C)CO)C(=O)c2cc(NC(=O)Nc3cccc4ccccc34)ccc2O1. The van der Waals surface area contributed by atoms with Gasteiger partial charge in [0.05, 0.1) is 41.7 Å². The van der Waals surface area contributed by atoms with Crippen LogP contribution in [0.5, 0.6) is 5.75 Å². The zero-order valence-corrected chi connectivity index (χ0v) is 31.4. The van der Waals surface area contributed by atoms with Gasteiger partial charge in [0.2, 0.25) is 0 Å². The van der Waals surface area contributed by atoms with Crippen LogP contribution in [0.3, 0.4) is 0 Å². The van der Waals surface area contributed by atoms with Gasteiger partial charge >= 0.3 is 18.2 Å². The molecule has 4 aromatic carbocycles. The number of hydrogen-bond donors (Lipinski definition) is 4. The van der Waals surface area contributed by atoms with Crippen LogP contribution in [0.4, 0.5) is 39.8 Å². The number of carbonyl (C=O) groups is 3. The summed E-state index contributed by atoms with van der Waals surface area (Å²) in [4.78, 5) is 43.8. The summed E-state index contributed by atoms with van der Waals surface area (Å²) in [6.07, 6.45) is -3.18. The maximum Gasteiger partial charge on any atom is 0.416 e. The molecule has 1 aliphatic rings. The number of alkyl halides is 3. The lowest BCUT2D eigenvalue weighted by molar-refractivity contribution is -0.137. The van der Waals surface area contributed by atoms with E-state index in [0.29, 0.717) is 36.6 Å². The van der Waals surface area contributed by atoms with Crippen molar-refractivity contribution >= 4 is 45.8 Å². The number of urea groups is 2. The molecule has 14 heteroatoms. The molecule has 0 spiro atoms. The van der Waals surface area contributed by atoms with Crippen LogP contribution in [0, 0.1) is 5.92 Å². The van der Waals surface area contributed by atoms with Crippen molar-refractivity contribution in [2.75, 3.05) is 49.3 Å². The molecule has 0 radical (unpaired) electrons. The number of rotatable bonds is 7. The number of hydrogen-bond acceptors (Lipinski definition) is 6. The van der Waals surface area contributed by atoms with Gasteiger partial charge in [-0.25, -0.2) is 9.59 Å². The number of amides is 5. The van der Waals surface area contributed by atoms with Crippen LogP contribution < -0.4 is 20.7 Å². The molecule has 5 amide bonds. The second-order valence-electron chi connectivity index (χ2n) is 14.0. The third-order valence-corrected chi connectivity index (χ3v) is 9.61. The van der Waals surface area contributed by atoms with E-state index in [-0.39, 0.29) is 43.0 Å². The molecule has 0 saturated carbocycles. The second-order valence-corrected chi connectivity index (χ2v) is 14.0. The van der Waals surface area contributed by atoms with Gasteiger partial charge in [-0.2, -0.15) is 13.2 Å². The van der Waals surface area contributed by atoms with Gasteiger partial charge in [0.15, 0.2) is 0 Å². The first-order valence-electron chi connectivity index (χ1n) is 18.3. The van der Waals surface area contributed by atoms with E-state index in [2.05, 4.69) is 16.0 Å². The zero-order valence-electron chi connectivity index (χ0n) is 31.4. The highest BCUT2D eigenvalue weighted by Crippen LogP contribution is 2.31. The Balaban J connectivity index is 1.35. The highest BCUT2D eigenvalue weighted by atomic mass is 19.4. The van der Waals surface area contributed by atoms with Crippen molar-refractivity contribution in [3.05, 3.63) is 96.1 Å². The predicted molar refractivity (Wildman–Crippen MR) is 207 cm³/mol. The molecular weight excluding hydrogens is 715 g/mol. The molecule has 294 valence electrons. The minimum absolute atomic E-state index is 0.110. The lowest BCUT2D eigenvalue weighted by Crippen LogP contribution is -2.48. The number of nitrogens with zero attached hydrogens (tertiary/aromatic N) is 2. The Hall–Kier alpha value is -5.34. The monoisotopic (exact) mass is 763 g/mol. The highest BCUT2D eigenvalue weighted by molar-refractivity contribution is 6.07. The van der Waals surface area contributed by atoms with Crippen molar-refractivity contribution in [1.82, 2.24) is 9.80 Å². The lowest BCUT2D eigenvalue weighted by atomic mass is 10.0. The maximum atomic E-state index is 14.5. The summed E-state index contributed by atoms with van der Waals surface area (Å²) in [7, 11) is 1.56. The first kappa shape index (κ1) is 40.8. The van der Waals surface area contributed by atoms with E-state index in [1.165, 1.54) is 21.9 Å². The van der Waals surface area contributed by atoms with Crippen molar-refractivity contribution in [2.45, 2.75) is 64.5 Å². The van der Waals surface area contributed by atoms with E-state index in [4.69, 9.17) is 9.47 Å². The average molecular weight is 764 g/mol. The highest BCUT2D eigenvalue weighted by Gasteiger charge is 2.32. The van der Waals surface area contributed by atoms with Crippen molar-refractivity contribution in [3.63, 3.8) is 0 Å². The number of likely N-dealkylation sites (N-methyl/N-ethyl adjacent to an activating group) is 1. The second kappa shape index (κ2) is 18.3. The number of nitrogens with one attached hydrogen (secondary N) is 3. The van der Waals surface area contributed by atoms with Crippen molar-refractivity contribution in [1.29, 1.82) is 0 Å².